The first-order valence-electron chi connectivity index (χ1n) is 7.07. The van der Waals surface area contributed by atoms with Crippen molar-refractivity contribution < 1.29 is 9.59 Å². The highest BCUT2D eigenvalue weighted by molar-refractivity contribution is 5.99. The van der Waals surface area contributed by atoms with E-state index in [1.54, 1.807) is 12.1 Å². The van der Waals surface area contributed by atoms with Crippen molar-refractivity contribution in [2.24, 2.45) is 0 Å². The lowest BCUT2D eigenvalue weighted by molar-refractivity contribution is 0.100. The summed E-state index contributed by atoms with van der Waals surface area (Å²) >= 11 is 0. The van der Waals surface area contributed by atoms with Crippen LogP contribution < -0.4 is 5.32 Å². The number of carbonyl (C=O) groups is 2. The molecule has 0 saturated heterocycles. The first-order chi connectivity index (χ1) is 10.1. The van der Waals surface area contributed by atoms with Crippen LogP contribution in [0, 0.1) is 0 Å². The van der Waals surface area contributed by atoms with Gasteiger partial charge in [0.25, 0.3) is 0 Å². The second-order valence-electron chi connectivity index (χ2n) is 4.96. The Labute approximate surface area is 125 Å². The van der Waals surface area contributed by atoms with Crippen molar-refractivity contribution in [3.63, 3.8) is 0 Å². The van der Waals surface area contributed by atoms with Gasteiger partial charge in [0.2, 0.25) is 0 Å². The van der Waals surface area contributed by atoms with Crippen LogP contribution in [0.15, 0.2) is 48.5 Å². The Bertz CT molecular complexity index is 627. The molecule has 2 aromatic rings. The number of Topliss-reactive ketones (excluding diaryl/α,β-unsaturated/α-hetero) is 2. The van der Waals surface area contributed by atoms with E-state index in [1.165, 1.54) is 12.5 Å². The van der Waals surface area contributed by atoms with E-state index in [4.69, 9.17) is 0 Å². The van der Waals surface area contributed by atoms with Crippen molar-refractivity contribution in [3.05, 3.63) is 65.2 Å². The zero-order valence-electron chi connectivity index (χ0n) is 12.3. The SMILES string of the molecule is CCc1ccc(C(=O)CNc2ccc(C(C)=O)cc2)cc1. The van der Waals surface area contributed by atoms with Gasteiger partial charge in [-0.05, 0) is 43.2 Å². The Morgan fingerprint density at radius 3 is 2.00 bits per heavy atom. The summed E-state index contributed by atoms with van der Waals surface area (Å²) in [6, 6.07) is 14.8. The van der Waals surface area contributed by atoms with Crippen molar-refractivity contribution in [2.75, 3.05) is 11.9 Å². The summed E-state index contributed by atoms with van der Waals surface area (Å²) in [5.41, 5.74) is 3.43. The fourth-order valence-electron chi connectivity index (χ4n) is 2.03. The molecule has 21 heavy (non-hydrogen) atoms. The molecule has 0 amide bonds. The van der Waals surface area contributed by atoms with E-state index in [1.807, 2.05) is 36.4 Å². The van der Waals surface area contributed by atoms with Crippen molar-refractivity contribution in [2.45, 2.75) is 20.3 Å². The highest BCUT2D eigenvalue weighted by Crippen LogP contribution is 2.11. The molecule has 0 aliphatic heterocycles. The lowest BCUT2D eigenvalue weighted by Crippen LogP contribution is -2.14. The lowest BCUT2D eigenvalue weighted by atomic mass is 10.1. The molecule has 0 aliphatic carbocycles. The van der Waals surface area contributed by atoms with Gasteiger partial charge >= 0.3 is 0 Å². The molecule has 0 aliphatic rings. The number of ketones is 2. The predicted octanol–water partition coefficient (Wildman–Crippen LogP) is 3.75. The highest BCUT2D eigenvalue weighted by Gasteiger charge is 2.06. The third kappa shape index (κ3) is 4.02. The minimum absolute atomic E-state index is 0.0358. The molecular weight excluding hydrogens is 262 g/mol. The quantitative estimate of drug-likeness (QED) is 0.820. The second kappa shape index (κ2) is 6.84. The topological polar surface area (TPSA) is 46.2 Å². The van der Waals surface area contributed by atoms with Gasteiger partial charge in [-0.3, -0.25) is 9.59 Å². The van der Waals surface area contributed by atoms with Gasteiger partial charge in [0.05, 0.1) is 6.54 Å². The number of benzene rings is 2. The first-order valence-corrected chi connectivity index (χ1v) is 7.07. The Balaban J connectivity index is 1.95. The molecule has 3 nitrogen and oxygen atoms in total. The third-order valence-corrected chi connectivity index (χ3v) is 3.43. The maximum absolute atomic E-state index is 12.1. The molecule has 0 saturated carbocycles. The van der Waals surface area contributed by atoms with Crippen molar-refractivity contribution >= 4 is 17.3 Å². The molecule has 108 valence electrons. The zero-order valence-corrected chi connectivity index (χ0v) is 12.3. The minimum Gasteiger partial charge on any atom is -0.378 e. The molecule has 0 aromatic heterocycles. The Hall–Kier alpha value is -2.42. The van der Waals surface area contributed by atoms with Crippen molar-refractivity contribution in [1.82, 2.24) is 0 Å². The Kier molecular flexibility index (Phi) is 4.88. The molecule has 2 aromatic carbocycles. The van der Waals surface area contributed by atoms with Gasteiger partial charge < -0.3 is 5.32 Å². The molecule has 3 heteroatoms. The summed E-state index contributed by atoms with van der Waals surface area (Å²) in [4.78, 5) is 23.3. The molecule has 1 N–H and O–H groups in total. The molecule has 0 heterocycles. The minimum atomic E-state index is 0.0358. The maximum atomic E-state index is 12.1. The summed E-state index contributed by atoms with van der Waals surface area (Å²) in [5, 5.41) is 3.08. The van der Waals surface area contributed by atoms with Crippen LogP contribution in [0.1, 0.15) is 40.1 Å². The van der Waals surface area contributed by atoms with E-state index in [0.29, 0.717) is 11.1 Å². The molecule has 0 unspecified atom stereocenters. The number of aryl methyl sites for hydroxylation is 1. The number of anilines is 1. The van der Waals surface area contributed by atoms with Crippen LogP contribution in [0.5, 0.6) is 0 Å². The Morgan fingerprint density at radius 1 is 0.905 bits per heavy atom. The summed E-state index contributed by atoms with van der Waals surface area (Å²) in [6.07, 6.45) is 0.967. The van der Waals surface area contributed by atoms with Gasteiger partial charge in [0.15, 0.2) is 11.6 Å². The normalized spacial score (nSPS) is 10.2. The number of nitrogens with one attached hydrogen (secondary N) is 1. The van der Waals surface area contributed by atoms with Gasteiger partial charge in [0, 0.05) is 16.8 Å². The van der Waals surface area contributed by atoms with Crippen molar-refractivity contribution in [3.8, 4) is 0 Å². The van der Waals surface area contributed by atoms with Gasteiger partial charge in [-0.15, -0.1) is 0 Å². The summed E-state index contributed by atoms with van der Waals surface area (Å²) in [7, 11) is 0. The van der Waals surface area contributed by atoms with E-state index >= 15 is 0 Å². The zero-order chi connectivity index (χ0) is 15.2. The molecule has 2 rings (SSSR count). The van der Waals surface area contributed by atoms with Crippen LogP contribution in [-0.2, 0) is 6.42 Å². The first kappa shape index (κ1) is 15.0. The van der Waals surface area contributed by atoms with E-state index in [9.17, 15) is 9.59 Å². The van der Waals surface area contributed by atoms with Crippen molar-refractivity contribution in [1.29, 1.82) is 0 Å². The Morgan fingerprint density at radius 2 is 1.48 bits per heavy atom. The predicted molar refractivity (Wildman–Crippen MR) is 85.1 cm³/mol. The number of hydrogen-bond acceptors (Lipinski definition) is 3. The summed E-state index contributed by atoms with van der Waals surface area (Å²) in [5.74, 6) is 0.0851. The van der Waals surface area contributed by atoms with Gasteiger partial charge in [-0.2, -0.15) is 0 Å². The molecule has 0 bridgehead atoms. The van der Waals surface area contributed by atoms with Gasteiger partial charge in [-0.25, -0.2) is 0 Å². The van der Waals surface area contributed by atoms with Crippen LogP contribution in [0.4, 0.5) is 5.69 Å². The second-order valence-corrected chi connectivity index (χ2v) is 4.96. The molecule has 0 fully saturated rings. The molecular formula is C18H19NO2. The number of hydrogen-bond donors (Lipinski definition) is 1. The smallest absolute Gasteiger partial charge is 0.181 e. The largest absolute Gasteiger partial charge is 0.378 e. The molecule has 0 atom stereocenters. The molecule has 0 radical (unpaired) electrons. The van der Waals surface area contributed by atoms with Gasteiger partial charge in [0.1, 0.15) is 0 Å². The van der Waals surface area contributed by atoms with Crippen LogP contribution >= 0.6 is 0 Å². The van der Waals surface area contributed by atoms with E-state index in [-0.39, 0.29) is 18.1 Å². The van der Waals surface area contributed by atoms with Crippen LogP contribution in [0.25, 0.3) is 0 Å². The third-order valence-electron chi connectivity index (χ3n) is 3.43. The van der Waals surface area contributed by atoms with E-state index < -0.39 is 0 Å². The standard InChI is InChI=1S/C18H19NO2/c1-3-14-4-6-16(7-5-14)18(21)12-19-17-10-8-15(9-11-17)13(2)20/h4-11,19H,3,12H2,1-2H3. The average Bonchev–Trinajstić information content (AvgIpc) is 2.53. The highest BCUT2D eigenvalue weighted by atomic mass is 16.1. The summed E-state index contributed by atoms with van der Waals surface area (Å²) < 4.78 is 0. The molecule has 0 spiro atoms. The fourth-order valence-corrected chi connectivity index (χ4v) is 2.03. The maximum Gasteiger partial charge on any atom is 0.181 e. The average molecular weight is 281 g/mol. The van der Waals surface area contributed by atoms with E-state index in [2.05, 4.69) is 12.2 Å². The van der Waals surface area contributed by atoms with E-state index in [0.717, 1.165) is 12.1 Å². The number of carbonyl (C=O) groups excluding carboxylic acids is 2. The van der Waals surface area contributed by atoms with Crippen LogP contribution in [-0.4, -0.2) is 18.1 Å². The van der Waals surface area contributed by atoms with Crippen LogP contribution in [0.3, 0.4) is 0 Å². The van der Waals surface area contributed by atoms with Crippen LogP contribution in [0.2, 0.25) is 0 Å². The monoisotopic (exact) mass is 281 g/mol. The summed E-state index contributed by atoms with van der Waals surface area (Å²) in [6.45, 7) is 3.86. The lowest BCUT2D eigenvalue weighted by Gasteiger charge is -2.07. The van der Waals surface area contributed by atoms with Gasteiger partial charge in [-0.1, -0.05) is 31.2 Å². The fraction of sp³-hybridized carbons (Fsp3) is 0.222. The number of rotatable bonds is 6.